The first-order valence-corrected chi connectivity index (χ1v) is 9.61. The molecule has 8 nitrogen and oxygen atoms in total. The molecule has 0 saturated heterocycles. The second-order valence-electron chi connectivity index (χ2n) is 6.40. The van der Waals surface area contributed by atoms with E-state index < -0.39 is 23.8 Å². The van der Waals surface area contributed by atoms with Crippen LogP contribution in [0, 0.1) is 0 Å². The molecule has 0 spiro atoms. The van der Waals surface area contributed by atoms with E-state index in [9.17, 15) is 19.2 Å². The van der Waals surface area contributed by atoms with Crippen LogP contribution in [0.2, 0.25) is 0 Å². The zero-order chi connectivity index (χ0) is 20.6. The molecule has 0 aliphatic heterocycles. The number of rotatable bonds is 14. The van der Waals surface area contributed by atoms with Gasteiger partial charge in [0.2, 0.25) is 18.1 Å². The lowest BCUT2D eigenvalue weighted by molar-refractivity contribution is -0.136. The molecule has 1 rings (SSSR count). The number of aryl methyl sites for hydroxylation is 1. The van der Waals surface area contributed by atoms with Crippen LogP contribution in [0.15, 0.2) is 30.3 Å². The quantitative estimate of drug-likeness (QED) is 0.201. The van der Waals surface area contributed by atoms with Gasteiger partial charge in [-0.25, -0.2) is 0 Å². The first-order valence-electron chi connectivity index (χ1n) is 9.61. The molecule has 0 heterocycles. The minimum atomic E-state index is -0.961. The summed E-state index contributed by atoms with van der Waals surface area (Å²) in [4.78, 5) is 46.2. The van der Waals surface area contributed by atoms with E-state index in [4.69, 9.17) is 0 Å². The van der Waals surface area contributed by atoms with E-state index in [1.54, 1.807) is 0 Å². The molecule has 0 aromatic heterocycles. The van der Waals surface area contributed by atoms with Crippen molar-refractivity contribution in [2.75, 3.05) is 26.2 Å². The molecule has 0 aliphatic rings. The van der Waals surface area contributed by atoms with Crippen LogP contribution in [0.25, 0.3) is 0 Å². The van der Waals surface area contributed by atoms with Crippen molar-refractivity contribution >= 4 is 24.0 Å². The van der Waals surface area contributed by atoms with E-state index in [1.807, 2.05) is 30.3 Å². The van der Waals surface area contributed by atoms with Gasteiger partial charge in [0.25, 0.3) is 5.91 Å². The first kappa shape index (κ1) is 23.5. The second kappa shape index (κ2) is 14.5. The van der Waals surface area contributed by atoms with E-state index in [-0.39, 0.29) is 19.3 Å². The number of hydrogen-bond donors (Lipinski definition) is 4. The Hall–Kier alpha value is -2.58. The molecule has 0 radical (unpaired) electrons. The molecule has 0 saturated carbocycles. The lowest BCUT2D eigenvalue weighted by Gasteiger charge is -2.17. The number of imide groups is 1. The van der Waals surface area contributed by atoms with Crippen molar-refractivity contribution in [3.05, 3.63) is 35.9 Å². The van der Waals surface area contributed by atoms with Crippen molar-refractivity contribution in [2.45, 2.75) is 38.6 Å². The van der Waals surface area contributed by atoms with Gasteiger partial charge in [0.05, 0.1) is 6.54 Å². The number of unbranched alkanes of at least 4 members (excludes halogenated alkanes) is 1. The molecule has 1 atom stereocenters. The van der Waals surface area contributed by atoms with Crippen molar-refractivity contribution < 1.29 is 19.2 Å². The Labute approximate surface area is 165 Å². The largest absolute Gasteiger partial charge is 0.338 e. The Balaban J connectivity index is 2.41. The van der Waals surface area contributed by atoms with Gasteiger partial charge < -0.3 is 16.0 Å². The third-order valence-electron chi connectivity index (χ3n) is 4.04. The Morgan fingerprint density at radius 2 is 1.75 bits per heavy atom. The highest BCUT2D eigenvalue weighted by Crippen LogP contribution is 2.05. The third kappa shape index (κ3) is 10.5. The Morgan fingerprint density at radius 3 is 2.43 bits per heavy atom. The van der Waals surface area contributed by atoms with Gasteiger partial charge in [-0.3, -0.25) is 24.5 Å². The molecular weight excluding hydrogens is 360 g/mol. The Bertz CT molecular complexity index is 622. The van der Waals surface area contributed by atoms with Crippen LogP contribution in [0.3, 0.4) is 0 Å². The summed E-state index contributed by atoms with van der Waals surface area (Å²) < 4.78 is 0. The molecule has 0 bridgehead atoms. The predicted octanol–water partition coefficient (Wildman–Crippen LogP) is -0.0750. The van der Waals surface area contributed by atoms with E-state index in [0.29, 0.717) is 13.0 Å². The van der Waals surface area contributed by atoms with Crippen molar-refractivity contribution in [2.24, 2.45) is 0 Å². The van der Waals surface area contributed by atoms with Gasteiger partial charge in [0, 0.05) is 13.1 Å². The molecule has 4 N–H and O–H groups in total. The third-order valence-corrected chi connectivity index (χ3v) is 4.04. The standard InChI is InChI=1S/C20H30N4O4/c1-2-3-11-21-12-13-22-14-18(26)24-20(28)17(23-19(27)15-25)10-9-16-7-5-4-6-8-16/h4-8,15,17,21-22H,2-3,9-14H2,1H3,(H,23,27)(H,24,26,28). The molecule has 154 valence electrons. The van der Waals surface area contributed by atoms with Crippen molar-refractivity contribution in [1.29, 1.82) is 0 Å². The minimum absolute atomic E-state index is 0.00572. The fourth-order valence-corrected chi connectivity index (χ4v) is 2.50. The summed E-state index contributed by atoms with van der Waals surface area (Å²) in [5.41, 5.74) is 0.990. The zero-order valence-corrected chi connectivity index (χ0v) is 16.3. The highest BCUT2D eigenvalue weighted by atomic mass is 16.2. The molecule has 8 heteroatoms. The number of aldehydes is 1. The van der Waals surface area contributed by atoms with Crippen LogP contribution in [-0.4, -0.2) is 56.2 Å². The summed E-state index contributed by atoms with van der Waals surface area (Å²) in [7, 11) is 0. The molecule has 3 amide bonds. The van der Waals surface area contributed by atoms with Crippen molar-refractivity contribution in [3.8, 4) is 0 Å². The topological polar surface area (TPSA) is 116 Å². The van der Waals surface area contributed by atoms with Crippen molar-refractivity contribution in [1.82, 2.24) is 21.3 Å². The number of carbonyl (C=O) groups excluding carboxylic acids is 4. The summed E-state index contributed by atoms with van der Waals surface area (Å²) in [6, 6.07) is 8.48. The molecule has 1 aromatic carbocycles. The van der Waals surface area contributed by atoms with E-state index in [1.165, 1.54) is 0 Å². The van der Waals surface area contributed by atoms with Gasteiger partial charge in [-0.15, -0.1) is 0 Å². The van der Waals surface area contributed by atoms with Crippen LogP contribution >= 0.6 is 0 Å². The highest BCUT2D eigenvalue weighted by molar-refractivity contribution is 6.24. The maximum atomic E-state index is 12.3. The fourth-order valence-electron chi connectivity index (χ4n) is 2.50. The first-order chi connectivity index (χ1) is 13.6. The number of hydrogen-bond acceptors (Lipinski definition) is 6. The molecule has 0 aliphatic carbocycles. The summed E-state index contributed by atoms with van der Waals surface area (Å²) in [5, 5.41) is 10.8. The maximum absolute atomic E-state index is 12.3. The molecule has 1 unspecified atom stereocenters. The van der Waals surface area contributed by atoms with Crippen LogP contribution in [0.5, 0.6) is 0 Å². The average molecular weight is 390 g/mol. The average Bonchev–Trinajstić information content (AvgIpc) is 2.70. The molecular formula is C20H30N4O4. The maximum Gasteiger partial charge on any atom is 0.284 e. The van der Waals surface area contributed by atoms with Crippen molar-refractivity contribution in [3.63, 3.8) is 0 Å². The summed E-state index contributed by atoms with van der Waals surface area (Å²) >= 11 is 0. The second-order valence-corrected chi connectivity index (χ2v) is 6.40. The van der Waals surface area contributed by atoms with E-state index >= 15 is 0 Å². The number of benzene rings is 1. The van der Waals surface area contributed by atoms with Crippen LogP contribution in [0.1, 0.15) is 31.7 Å². The number of amides is 3. The normalized spacial score (nSPS) is 11.5. The SMILES string of the molecule is CCCCNCCNCC(=O)NC(=O)C(CCc1ccccc1)NC(=O)C=O. The number of nitrogens with one attached hydrogen (secondary N) is 4. The summed E-state index contributed by atoms with van der Waals surface area (Å²) in [6.07, 6.45) is 3.13. The number of carbonyl (C=O) groups is 4. The van der Waals surface area contributed by atoms with Gasteiger partial charge in [-0.2, -0.15) is 0 Å². The molecule has 0 fully saturated rings. The van der Waals surface area contributed by atoms with E-state index in [2.05, 4.69) is 28.2 Å². The van der Waals surface area contributed by atoms with Gasteiger partial charge >= 0.3 is 0 Å². The minimum Gasteiger partial charge on any atom is -0.338 e. The lowest BCUT2D eigenvalue weighted by Crippen LogP contribution is -2.50. The predicted molar refractivity (Wildman–Crippen MR) is 107 cm³/mol. The summed E-state index contributed by atoms with van der Waals surface area (Å²) in [6.45, 7) is 4.38. The Kier molecular flexibility index (Phi) is 12.1. The van der Waals surface area contributed by atoms with Crippen LogP contribution in [0.4, 0.5) is 0 Å². The summed E-state index contributed by atoms with van der Waals surface area (Å²) in [5.74, 6) is -2.00. The van der Waals surface area contributed by atoms with Crippen LogP contribution < -0.4 is 21.3 Å². The van der Waals surface area contributed by atoms with Gasteiger partial charge in [-0.05, 0) is 31.4 Å². The smallest absolute Gasteiger partial charge is 0.284 e. The molecule has 1 aromatic rings. The lowest BCUT2D eigenvalue weighted by atomic mass is 10.0. The Morgan fingerprint density at radius 1 is 1.04 bits per heavy atom. The monoisotopic (exact) mass is 390 g/mol. The fraction of sp³-hybridized carbons (Fsp3) is 0.500. The highest BCUT2D eigenvalue weighted by Gasteiger charge is 2.22. The zero-order valence-electron chi connectivity index (χ0n) is 16.3. The van der Waals surface area contributed by atoms with Gasteiger partial charge in [0.15, 0.2) is 0 Å². The van der Waals surface area contributed by atoms with Gasteiger partial charge in [-0.1, -0.05) is 43.7 Å². The van der Waals surface area contributed by atoms with Crippen LogP contribution in [-0.2, 0) is 25.6 Å². The van der Waals surface area contributed by atoms with E-state index in [0.717, 1.165) is 31.5 Å². The molecule has 28 heavy (non-hydrogen) atoms. The van der Waals surface area contributed by atoms with Gasteiger partial charge in [0.1, 0.15) is 6.04 Å².